The Labute approximate surface area is 256 Å². The zero-order valence-electron chi connectivity index (χ0n) is 26.7. The summed E-state index contributed by atoms with van der Waals surface area (Å²) in [7, 11) is 0. The molecule has 43 heavy (non-hydrogen) atoms. The normalized spacial score (nSPS) is 26.3. The van der Waals surface area contributed by atoms with Gasteiger partial charge in [-0.25, -0.2) is 14.0 Å². The second-order valence-corrected chi connectivity index (χ2v) is 15.0. The molecule has 8 nitrogen and oxygen atoms in total. The van der Waals surface area contributed by atoms with E-state index >= 15 is 0 Å². The Bertz CT molecular complexity index is 1170. The molecule has 1 aliphatic carbocycles. The molecule has 3 saturated heterocycles. The van der Waals surface area contributed by atoms with Gasteiger partial charge in [-0.3, -0.25) is 9.69 Å². The van der Waals surface area contributed by atoms with Crippen LogP contribution in [0.1, 0.15) is 97.5 Å². The summed E-state index contributed by atoms with van der Waals surface area (Å²) in [6.07, 6.45) is 7.69. The van der Waals surface area contributed by atoms with Gasteiger partial charge in [0.15, 0.2) is 0 Å². The second kappa shape index (κ2) is 12.3. The molecule has 4 aliphatic rings. The molecular formula is C34H50FN3O5. The quantitative estimate of drug-likeness (QED) is 0.382. The van der Waals surface area contributed by atoms with E-state index in [1.165, 1.54) is 44.2 Å². The number of cyclic esters (lactones) is 1. The van der Waals surface area contributed by atoms with Crippen LogP contribution in [-0.2, 0) is 14.3 Å². The molecule has 5 rings (SSSR count). The number of carbonyl (C=O) groups excluding carboxylic acids is 3. The van der Waals surface area contributed by atoms with Crippen molar-refractivity contribution in [3.63, 3.8) is 0 Å². The predicted molar refractivity (Wildman–Crippen MR) is 162 cm³/mol. The van der Waals surface area contributed by atoms with Gasteiger partial charge in [0.05, 0.1) is 5.54 Å². The fourth-order valence-electron chi connectivity index (χ4n) is 7.84. The zero-order chi connectivity index (χ0) is 31.0. The number of likely N-dealkylation sites (tertiary alicyclic amines) is 2. The SMILES string of the molecule is CC(C)(C)OC(=O)N1CC[C@H](C(=O)N2CCC(CN3C(=O)OCC3(C)C)(C3CCCCC3)CC2)[C@@H](c2ccc(F)cc2)C1. The number of hydrogen-bond donors (Lipinski definition) is 0. The first-order chi connectivity index (χ1) is 20.3. The summed E-state index contributed by atoms with van der Waals surface area (Å²) in [4.78, 5) is 45.6. The van der Waals surface area contributed by atoms with Crippen molar-refractivity contribution < 1.29 is 28.2 Å². The maximum absolute atomic E-state index is 14.2. The van der Waals surface area contributed by atoms with Crippen LogP contribution in [0.5, 0.6) is 0 Å². The Morgan fingerprint density at radius 1 is 0.977 bits per heavy atom. The molecule has 0 bridgehead atoms. The largest absolute Gasteiger partial charge is 0.447 e. The van der Waals surface area contributed by atoms with Gasteiger partial charge in [0, 0.05) is 44.6 Å². The second-order valence-electron chi connectivity index (χ2n) is 15.0. The van der Waals surface area contributed by atoms with E-state index in [0.29, 0.717) is 51.7 Å². The van der Waals surface area contributed by atoms with Crippen LogP contribution in [0.2, 0.25) is 0 Å². The minimum absolute atomic E-state index is 0.0335. The van der Waals surface area contributed by atoms with Crippen LogP contribution in [0.15, 0.2) is 24.3 Å². The lowest BCUT2D eigenvalue weighted by Gasteiger charge is -2.51. The van der Waals surface area contributed by atoms with Crippen LogP contribution < -0.4 is 0 Å². The van der Waals surface area contributed by atoms with Gasteiger partial charge in [-0.1, -0.05) is 31.4 Å². The van der Waals surface area contributed by atoms with Crippen LogP contribution >= 0.6 is 0 Å². The minimum Gasteiger partial charge on any atom is -0.447 e. The average molecular weight is 600 g/mol. The van der Waals surface area contributed by atoms with Crippen molar-refractivity contribution in [3.05, 3.63) is 35.6 Å². The predicted octanol–water partition coefficient (Wildman–Crippen LogP) is 6.59. The molecule has 4 fully saturated rings. The number of halogens is 1. The molecule has 0 unspecified atom stereocenters. The van der Waals surface area contributed by atoms with Crippen LogP contribution in [0.25, 0.3) is 0 Å². The standard InChI is InChI=1S/C34H50FN3O5/c1-32(2,3)43-30(40)37-18-15-27(28(21-37)24-11-13-26(35)14-12-24)29(39)36-19-16-34(17-20-36,25-9-7-6-8-10-25)22-38-31(41)42-23-33(38,4)5/h11-14,25,27-28H,6-10,15-23H2,1-5H3/t27-,28+/m0/s1. The van der Waals surface area contributed by atoms with Gasteiger partial charge in [-0.2, -0.15) is 0 Å². The third-order valence-corrected chi connectivity index (χ3v) is 10.4. The molecule has 0 radical (unpaired) electrons. The highest BCUT2D eigenvalue weighted by Gasteiger charge is 2.50. The smallest absolute Gasteiger partial charge is 0.410 e. The van der Waals surface area contributed by atoms with E-state index in [1.54, 1.807) is 17.0 Å². The Kier molecular flexibility index (Phi) is 9.01. The number of piperidine rings is 2. The molecule has 238 valence electrons. The van der Waals surface area contributed by atoms with Crippen molar-refractivity contribution in [2.24, 2.45) is 17.3 Å². The summed E-state index contributed by atoms with van der Waals surface area (Å²) >= 11 is 0. The van der Waals surface area contributed by atoms with E-state index in [2.05, 4.69) is 13.8 Å². The molecule has 1 aromatic carbocycles. The van der Waals surface area contributed by atoms with E-state index in [0.717, 1.165) is 18.4 Å². The van der Waals surface area contributed by atoms with Gasteiger partial charge in [0.1, 0.15) is 18.0 Å². The van der Waals surface area contributed by atoms with E-state index in [9.17, 15) is 18.8 Å². The lowest BCUT2D eigenvalue weighted by atomic mass is 9.63. The fourth-order valence-corrected chi connectivity index (χ4v) is 7.84. The molecule has 1 aromatic rings. The topological polar surface area (TPSA) is 79.4 Å². The first-order valence-electron chi connectivity index (χ1n) is 16.2. The van der Waals surface area contributed by atoms with E-state index in [4.69, 9.17) is 9.47 Å². The summed E-state index contributed by atoms with van der Waals surface area (Å²) in [5.41, 5.74) is -0.129. The Morgan fingerprint density at radius 3 is 2.21 bits per heavy atom. The average Bonchev–Trinajstić information content (AvgIpc) is 3.23. The molecule has 3 heterocycles. The summed E-state index contributed by atoms with van der Waals surface area (Å²) in [6, 6.07) is 6.32. The van der Waals surface area contributed by atoms with Gasteiger partial charge in [0.25, 0.3) is 0 Å². The van der Waals surface area contributed by atoms with Gasteiger partial charge < -0.3 is 19.3 Å². The first-order valence-corrected chi connectivity index (χ1v) is 16.2. The number of ether oxygens (including phenoxy) is 2. The molecule has 9 heteroatoms. The van der Waals surface area contributed by atoms with Gasteiger partial charge >= 0.3 is 12.2 Å². The molecule has 3 amide bonds. The highest BCUT2D eigenvalue weighted by Crippen LogP contribution is 2.48. The maximum Gasteiger partial charge on any atom is 0.410 e. The highest BCUT2D eigenvalue weighted by molar-refractivity contribution is 5.81. The molecule has 0 spiro atoms. The first kappa shape index (κ1) is 31.6. The van der Waals surface area contributed by atoms with Gasteiger partial charge in [0.2, 0.25) is 5.91 Å². The van der Waals surface area contributed by atoms with Crippen LogP contribution in [0, 0.1) is 23.1 Å². The van der Waals surface area contributed by atoms with Crippen molar-refractivity contribution in [2.45, 2.75) is 103 Å². The number of benzene rings is 1. The van der Waals surface area contributed by atoms with Crippen molar-refractivity contribution >= 4 is 18.1 Å². The number of rotatable bonds is 5. The minimum atomic E-state index is -0.616. The maximum atomic E-state index is 14.2. The van der Waals surface area contributed by atoms with Gasteiger partial charge in [-0.05, 0) is 95.8 Å². The summed E-state index contributed by atoms with van der Waals surface area (Å²) < 4.78 is 25.0. The third-order valence-electron chi connectivity index (χ3n) is 10.4. The summed E-state index contributed by atoms with van der Waals surface area (Å²) in [6.45, 7) is 12.9. The molecule has 2 atom stereocenters. The number of nitrogens with zero attached hydrogens (tertiary/aromatic N) is 3. The number of hydrogen-bond acceptors (Lipinski definition) is 5. The van der Waals surface area contributed by atoms with E-state index in [1.807, 2.05) is 30.6 Å². The van der Waals surface area contributed by atoms with E-state index in [-0.39, 0.29) is 46.7 Å². The van der Waals surface area contributed by atoms with Crippen molar-refractivity contribution in [1.29, 1.82) is 0 Å². The number of amides is 3. The molecule has 0 N–H and O–H groups in total. The zero-order valence-corrected chi connectivity index (χ0v) is 26.7. The van der Waals surface area contributed by atoms with Gasteiger partial charge in [-0.15, -0.1) is 0 Å². The Hall–Kier alpha value is -2.84. The van der Waals surface area contributed by atoms with Crippen LogP contribution in [0.4, 0.5) is 14.0 Å². The van der Waals surface area contributed by atoms with Crippen molar-refractivity contribution in [3.8, 4) is 0 Å². The third kappa shape index (κ3) is 6.96. The van der Waals surface area contributed by atoms with Crippen molar-refractivity contribution in [1.82, 2.24) is 14.7 Å². The fraction of sp³-hybridized carbons (Fsp3) is 0.735. The summed E-state index contributed by atoms with van der Waals surface area (Å²) in [5, 5.41) is 0. The van der Waals surface area contributed by atoms with Crippen LogP contribution in [-0.4, -0.2) is 83.3 Å². The lowest BCUT2D eigenvalue weighted by molar-refractivity contribution is -0.141. The molecule has 0 aromatic heterocycles. The molecule has 1 saturated carbocycles. The lowest BCUT2D eigenvalue weighted by Crippen LogP contribution is -2.56. The molecule has 3 aliphatic heterocycles. The summed E-state index contributed by atoms with van der Waals surface area (Å²) in [5.74, 6) is -0.243. The Balaban J connectivity index is 1.33. The molecular weight excluding hydrogens is 549 g/mol. The van der Waals surface area contributed by atoms with E-state index < -0.39 is 5.60 Å². The number of carbonyl (C=O) groups is 3. The monoisotopic (exact) mass is 599 g/mol. The van der Waals surface area contributed by atoms with Crippen LogP contribution in [0.3, 0.4) is 0 Å². The Morgan fingerprint density at radius 2 is 1.63 bits per heavy atom. The van der Waals surface area contributed by atoms with Crippen molar-refractivity contribution in [2.75, 3.05) is 39.3 Å². The highest BCUT2D eigenvalue weighted by atomic mass is 19.1.